The summed E-state index contributed by atoms with van der Waals surface area (Å²) in [6.45, 7) is 4.37. The maximum atomic E-state index is 3.62. The minimum absolute atomic E-state index is 0.624. The van der Waals surface area contributed by atoms with E-state index in [-0.39, 0.29) is 0 Å². The summed E-state index contributed by atoms with van der Waals surface area (Å²) in [5.41, 5.74) is 2.92. The van der Waals surface area contributed by atoms with E-state index in [1.165, 1.54) is 29.7 Å². The van der Waals surface area contributed by atoms with Crippen LogP contribution >= 0.6 is 11.8 Å². The van der Waals surface area contributed by atoms with Gasteiger partial charge in [0.1, 0.15) is 0 Å². The third-order valence-corrected chi connectivity index (χ3v) is 4.67. The fourth-order valence-corrected chi connectivity index (χ4v) is 2.96. The minimum Gasteiger partial charge on any atom is -0.310 e. The van der Waals surface area contributed by atoms with Crippen LogP contribution in [0.4, 0.5) is 0 Å². The number of thioether (sulfide) groups is 1. The fraction of sp³-hybridized carbons (Fsp3) is 0.625. The lowest BCUT2D eigenvalue weighted by atomic mass is 10.1. The van der Waals surface area contributed by atoms with E-state index >= 15 is 0 Å². The molecule has 0 amide bonds. The van der Waals surface area contributed by atoms with Crippen molar-refractivity contribution >= 4 is 11.8 Å². The van der Waals surface area contributed by atoms with Crippen molar-refractivity contribution in [3.05, 3.63) is 35.4 Å². The van der Waals surface area contributed by atoms with E-state index in [1.807, 2.05) is 11.8 Å². The third-order valence-electron chi connectivity index (χ3n) is 3.86. The number of hydrogen-bond acceptors (Lipinski definition) is 3. The molecule has 0 bridgehead atoms. The first kappa shape index (κ1) is 14.9. The highest BCUT2D eigenvalue weighted by atomic mass is 32.2. The molecule has 1 saturated carbocycles. The highest BCUT2D eigenvalue weighted by molar-refractivity contribution is 7.98. The first-order valence-corrected chi connectivity index (χ1v) is 8.59. The molecule has 0 heterocycles. The van der Waals surface area contributed by atoms with Gasteiger partial charge in [-0.2, -0.15) is 11.8 Å². The summed E-state index contributed by atoms with van der Waals surface area (Å²) in [5, 5.41) is 3.62. The molecule has 2 rings (SSSR count). The van der Waals surface area contributed by atoms with Crippen LogP contribution in [-0.4, -0.2) is 36.0 Å². The standard InChI is InChI=1S/C16H26N2S/c1-13(12-19-3)18(2)11-15-7-5-4-6-14(15)10-17-16-8-9-16/h4-7,13,16-17H,8-12H2,1-3H3. The van der Waals surface area contributed by atoms with E-state index in [4.69, 9.17) is 0 Å². The molecule has 1 aliphatic carbocycles. The van der Waals surface area contributed by atoms with Crippen molar-refractivity contribution in [2.24, 2.45) is 0 Å². The monoisotopic (exact) mass is 278 g/mol. The summed E-state index contributed by atoms with van der Waals surface area (Å²) >= 11 is 1.92. The molecular weight excluding hydrogens is 252 g/mol. The second-order valence-corrected chi connectivity index (χ2v) is 6.55. The van der Waals surface area contributed by atoms with Crippen molar-refractivity contribution in [3.63, 3.8) is 0 Å². The van der Waals surface area contributed by atoms with Crippen molar-refractivity contribution in [2.45, 2.75) is 44.9 Å². The van der Waals surface area contributed by atoms with Crippen molar-refractivity contribution in [3.8, 4) is 0 Å². The van der Waals surface area contributed by atoms with Gasteiger partial charge in [0.25, 0.3) is 0 Å². The van der Waals surface area contributed by atoms with Crippen LogP contribution in [0.3, 0.4) is 0 Å². The molecule has 1 aromatic rings. The minimum atomic E-state index is 0.624. The summed E-state index contributed by atoms with van der Waals surface area (Å²) in [7, 11) is 2.23. The molecule has 0 spiro atoms. The molecule has 1 N–H and O–H groups in total. The summed E-state index contributed by atoms with van der Waals surface area (Å²) in [6.07, 6.45) is 4.89. The Labute approximate surface area is 122 Å². The lowest BCUT2D eigenvalue weighted by molar-refractivity contribution is 0.269. The van der Waals surface area contributed by atoms with Crippen LogP contribution in [0.2, 0.25) is 0 Å². The lowest BCUT2D eigenvalue weighted by Gasteiger charge is -2.25. The highest BCUT2D eigenvalue weighted by Crippen LogP contribution is 2.20. The van der Waals surface area contributed by atoms with E-state index in [0.29, 0.717) is 6.04 Å². The molecule has 0 aliphatic heterocycles. The second-order valence-electron chi connectivity index (χ2n) is 5.64. The summed E-state index contributed by atoms with van der Waals surface area (Å²) < 4.78 is 0. The molecule has 0 radical (unpaired) electrons. The van der Waals surface area contributed by atoms with Gasteiger partial charge >= 0.3 is 0 Å². The van der Waals surface area contributed by atoms with Gasteiger partial charge in [-0.05, 0) is 44.2 Å². The van der Waals surface area contributed by atoms with Crippen LogP contribution < -0.4 is 5.32 Å². The average Bonchev–Trinajstić information content (AvgIpc) is 3.22. The van der Waals surface area contributed by atoms with Crippen LogP contribution in [0.25, 0.3) is 0 Å². The normalized spacial score (nSPS) is 16.8. The predicted molar refractivity (Wildman–Crippen MR) is 85.6 cm³/mol. The zero-order valence-electron chi connectivity index (χ0n) is 12.4. The maximum absolute atomic E-state index is 3.62. The quantitative estimate of drug-likeness (QED) is 0.786. The maximum Gasteiger partial charge on any atom is 0.0237 e. The van der Waals surface area contributed by atoms with Crippen molar-refractivity contribution < 1.29 is 0 Å². The SMILES string of the molecule is CSCC(C)N(C)Cc1ccccc1CNC1CC1. The molecule has 2 nitrogen and oxygen atoms in total. The molecule has 1 fully saturated rings. The zero-order chi connectivity index (χ0) is 13.7. The van der Waals surface area contributed by atoms with Gasteiger partial charge < -0.3 is 5.32 Å². The number of nitrogens with one attached hydrogen (secondary N) is 1. The van der Waals surface area contributed by atoms with Crippen molar-refractivity contribution in [1.82, 2.24) is 10.2 Å². The van der Waals surface area contributed by atoms with Crippen LogP contribution in [0.1, 0.15) is 30.9 Å². The Morgan fingerprint density at radius 2 is 2.00 bits per heavy atom. The second kappa shape index (κ2) is 7.32. The van der Waals surface area contributed by atoms with Crippen LogP contribution in [-0.2, 0) is 13.1 Å². The van der Waals surface area contributed by atoms with E-state index in [1.54, 1.807) is 0 Å². The number of nitrogens with zero attached hydrogens (tertiary/aromatic N) is 1. The molecule has 1 aromatic carbocycles. The van der Waals surface area contributed by atoms with E-state index in [9.17, 15) is 0 Å². The third kappa shape index (κ3) is 4.83. The van der Waals surface area contributed by atoms with E-state index < -0.39 is 0 Å². The predicted octanol–water partition coefficient (Wildman–Crippen LogP) is 3.12. The molecular formula is C16H26N2S. The smallest absolute Gasteiger partial charge is 0.0237 e. The first-order chi connectivity index (χ1) is 9.20. The largest absolute Gasteiger partial charge is 0.310 e. The van der Waals surface area contributed by atoms with Gasteiger partial charge in [-0.3, -0.25) is 4.90 Å². The summed E-state index contributed by atoms with van der Waals surface area (Å²) in [6, 6.07) is 10.2. The van der Waals surface area contributed by atoms with Crippen molar-refractivity contribution in [1.29, 1.82) is 0 Å². The zero-order valence-corrected chi connectivity index (χ0v) is 13.2. The van der Waals surface area contributed by atoms with Crippen LogP contribution in [0.5, 0.6) is 0 Å². The lowest BCUT2D eigenvalue weighted by Crippen LogP contribution is -2.31. The van der Waals surface area contributed by atoms with Gasteiger partial charge in [-0.1, -0.05) is 24.3 Å². The first-order valence-electron chi connectivity index (χ1n) is 7.20. The average molecular weight is 278 g/mol. The Balaban J connectivity index is 1.93. The molecule has 0 aromatic heterocycles. The highest BCUT2D eigenvalue weighted by Gasteiger charge is 2.20. The van der Waals surface area contributed by atoms with Gasteiger partial charge in [0.15, 0.2) is 0 Å². The molecule has 106 valence electrons. The number of hydrogen-bond donors (Lipinski definition) is 1. The van der Waals surface area contributed by atoms with Crippen LogP contribution in [0.15, 0.2) is 24.3 Å². The molecule has 1 unspecified atom stereocenters. The van der Waals surface area contributed by atoms with Gasteiger partial charge in [-0.15, -0.1) is 0 Å². The summed E-state index contributed by atoms with van der Waals surface area (Å²) in [4.78, 5) is 2.45. The van der Waals surface area contributed by atoms with E-state index in [0.717, 1.165) is 19.1 Å². The van der Waals surface area contributed by atoms with Gasteiger partial charge in [0, 0.05) is 30.9 Å². The van der Waals surface area contributed by atoms with E-state index in [2.05, 4.69) is 54.7 Å². The van der Waals surface area contributed by atoms with Crippen LogP contribution in [0, 0.1) is 0 Å². The van der Waals surface area contributed by atoms with Gasteiger partial charge in [0.05, 0.1) is 0 Å². The number of rotatable bonds is 8. The molecule has 1 aliphatic rings. The Hall–Kier alpha value is -0.510. The molecule has 19 heavy (non-hydrogen) atoms. The Morgan fingerprint density at radius 3 is 2.63 bits per heavy atom. The molecule has 0 saturated heterocycles. The van der Waals surface area contributed by atoms with Gasteiger partial charge in [0.2, 0.25) is 0 Å². The topological polar surface area (TPSA) is 15.3 Å². The fourth-order valence-electron chi connectivity index (χ4n) is 2.22. The Morgan fingerprint density at radius 1 is 1.32 bits per heavy atom. The van der Waals surface area contributed by atoms with Crippen molar-refractivity contribution in [2.75, 3.05) is 19.1 Å². The summed E-state index contributed by atoms with van der Waals surface area (Å²) in [5.74, 6) is 1.19. The molecule has 3 heteroatoms. The van der Waals surface area contributed by atoms with Gasteiger partial charge in [-0.25, -0.2) is 0 Å². The molecule has 1 atom stereocenters. The Bertz CT molecular complexity index is 390. The Kier molecular flexibility index (Phi) is 5.74. The number of benzene rings is 1.